The molecule has 3 heterocycles. The van der Waals surface area contributed by atoms with Gasteiger partial charge >= 0.3 is 0 Å². The fraction of sp³-hybridized carbons (Fsp3) is 0.188. The largest absolute Gasteiger partial charge is 0.472 e. The number of carbonyl (C=O) groups excluding carboxylic acids is 1. The minimum Gasteiger partial charge on any atom is -0.472 e. The number of pyridine rings is 1. The molecular formula is C16H16N4O3. The van der Waals surface area contributed by atoms with E-state index in [0.29, 0.717) is 13.1 Å². The van der Waals surface area contributed by atoms with Crippen molar-refractivity contribution in [3.63, 3.8) is 0 Å². The highest BCUT2D eigenvalue weighted by Gasteiger charge is 2.10. The summed E-state index contributed by atoms with van der Waals surface area (Å²) in [6.45, 7) is 0.889. The van der Waals surface area contributed by atoms with Crippen molar-refractivity contribution in [1.82, 2.24) is 19.7 Å². The minimum atomic E-state index is -0.381. The Hall–Kier alpha value is -3.09. The van der Waals surface area contributed by atoms with Crippen LogP contribution >= 0.6 is 0 Å². The van der Waals surface area contributed by atoms with E-state index in [9.17, 15) is 9.59 Å². The molecule has 0 radical (unpaired) electrons. The van der Waals surface area contributed by atoms with Crippen LogP contribution in [0.25, 0.3) is 11.1 Å². The number of furan rings is 1. The number of nitrogens with zero attached hydrogens (tertiary/aromatic N) is 3. The highest BCUT2D eigenvalue weighted by Crippen LogP contribution is 2.18. The molecule has 1 N–H and O–H groups in total. The topological polar surface area (TPSA) is 82.1 Å². The van der Waals surface area contributed by atoms with Crippen molar-refractivity contribution in [2.45, 2.75) is 6.54 Å². The van der Waals surface area contributed by atoms with Gasteiger partial charge in [0.05, 0.1) is 25.3 Å². The number of nitrogens with one attached hydrogen (secondary N) is 1. The molecule has 0 saturated heterocycles. The average Bonchev–Trinajstić information content (AvgIpc) is 3.20. The molecule has 0 atom stereocenters. The van der Waals surface area contributed by atoms with Crippen LogP contribution in [0.1, 0.15) is 10.4 Å². The molecule has 7 nitrogen and oxygen atoms in total. The van der Waals surface area contributed by atoms with E-state index in [1.165, 1.54) is 10.6 Å². The van der Waals surface area contributed by atoms with Gasteiger partial charge < -0.3 is 14.3 Å². The van der Waals surface area contributed by atoms with Gasteiger partial charge in [-0.2, -0.15) is 5.10 Å². The average molecular weight is 312 g/mol. The Morgan fingerprint density at radius 3 is 3.00 bits per heavy atom. The summed E-state index contributed by atoms with van der Waals surface area (Å²) in [6.07, 6.45) is 8.47. The van der Waals surface area contributed by atoms with Gasteiger partial charge in [-0.05, 0) is 18.2 Å². The zero-order valence-corrected chi connectivity index (χ0v) is 12.6. The van der Waals surface area contributed by atoms with Crippen LogP contribution in [0.3, 0.4) is 0 Å². The summed E-state index contributed by atoms with van der Waals surface area (Å²) in [5.41, 5.74) is 1.72. The van der Waals surface area contributed by atoms with E-state index in [4.69, 9.17) is 4.42 Å². The Morgan fingerprint density at radius 1 is 1.35 bits per heavy atom. The Kier molecular flexibility index (Phi) is 4.09. The summed E-state index contributed by atoms with van der Waals surface area (Å²) in [4.78, 5) is 23.9. The van der Waals surface area contributed by atoms with Crippen molar-refractivity contribution >= 4 is 5.91 Å². The smallest absolute Gasteiger partial charge is 0.263 e. The molecular weight excluding hydrogens is 296 g/mol. The quantitative estimate of drug-likeness (QED) is 0.769. The Bertz CT molecular complexity index is 862. The molecule has 3 rings (SSSR count). The van der Waals surface area contributed by atoms with Gasteiger partial charge in [-0.15, -0.1) is 0 Å². The molecule has 23 heavy (non-hydrogen) atoms. The van der Waals surface area contributed by atoms with Crippen molar-refractivity contribution in [3.8, 4) is 11.1 Å². The van der Waals surface area contributed by atoms with Gasteiger partial charge in [0.2, 0.25) is 0 Å². The van der Waals surface area contributed by atoms with E-state index in [1.807, 2.05) is 12.3 Å². The van der Waals surface area contributed by atoms with Crippen LogP contribution in [0.15, 0.2) is 58.5 Å². The number of rotatable bonds is 5. The molecule has 7 heteroatoms. The molecule has 118 valence electrons. The molecule has 3 aromatic heterocycles. The summed E-state index contributed by atoms with van der Waals surface area (Å²) < 4.78 is 8.14. The standard InChI is InChI=1S/C16H16N4O3/c1-19-6-2-3-14(16(19)22)15(21)17-5-7-20-10-13(9-18-20)12-4-8-23-11-12/h2-4,6,8-11H,5,7H2,1H3,(H,17,21). The maximum Gasteiger partial charge on any atom is 0.263 e. The van der Waals surface area contributed by atoms with E-state index in [1.54, 1.807) is 42.7 Å². The van der Waals surface area contributed by atoms with Gasteiger partial charge in [0.25, 0.3) is 11.5 Å². The van der Waals surface area contributed by atoms with Crippen LogP contribution < -0.4 is 10.9 Å². The number of amides is 1. The second-order valence-electron chi connectivity index (χ2n) is 5.10. The van der Waals surface area contributed by atoms with Crippen LogP contribution in [0.4, 0.5) is 0 Å². The third kappa shape index (κ3) is 3.23. The third-order valence-electron chi connectivity index (χ3n) is 3.48. The number of hydrogen-bond acceptors (Lipinski definition) is 4. The zero-order chi connectivity index (χ0) is 16.2. The zero-order valence-electron chi connectivity index (χ0n) is 12.6. The SMILES string of the molecule is Cn1cccc(C(=O)NCCn2cc(-c3ccoc3)cn2)c1=O. The number of hydrogen-bond donors (Lipinski definition) is 1. The van der Waals surface area contributed by atoms with Gasteiger partial charge in [-0.25, -0.2) is 0 Å². The number of aromatic nitrogens is 3. The van der Waals surface area contributed by atoms with Crippen LogP contribution in [-0.2, 0) is 13.6 Å². The van der Waals surface area contributed by atoms with E-state index in [-0.39, 0.29) is 17.0 Å². The highest BCUT2D eigenvalue weighted by atomic mass is 16.3. The lowest BCUT2D eigenvalue weighted by molar-refractivity contribution is 0.0950. The van der Waals surface area contributed by atoms with E-state index < -0.39 is 0 Å². The highest BCUT2D eigenvalue weighted by molar-refractivity contribution is 5.93. The molecule has 0 bridgehead atoms. The van der Waals surface area contributed by atoms with Crippen LogP contribution in [0, 0.1) is 0 Å². The third-order valence-corrected chi connectivity index (χ3v) is 3.48. The summed E-state index contributed by atoms with van der Waals surface area (Å²) in [5, 5.41) is 6.96. The van der Waals surface area contributed by atoms with Crippen LogP contribution in [-0.4, -0.2) is 26.8 Å². The summed E-state index contributed by atoms with van der Waals surface area (Å²) in [5.74, 6) is -0.381. The minimum absolute atomic E-state index is 0.134. The van der Waals surface area contributed by atoms with Gasteiger partial charge in [0, 0.05) is 37.1 Å². The fourth-order valence-electron chi connectivity index (χ4n) is 2.21. The summed E-state index contributed by atoms with van der Waals surface area (Å²) in [6, 6.07) is 5.04. The summed E-state index contributed by atoms with van der Waals surface area (Å²) in [7, 11) is 1.61. The lowest BCUT2D eigenvalue weighted by Gasteiger charge is -2.06. The van der Waals surface area contributed by atoms with Crippen molar-refractivity contribution in [2.75, 3.05) is 6.54 Å². The Balaban J connectivity index is 1.58. The molecule has 1 amide bonds. The number of aryl methyl sites for hydroxylation is 1. The second kappa shape index (κ2) is 6.35. The predicted molar refractivity (Wildman–Crippen MR) is 83.9 cm³/mol. The first kappa shape index (κ1) is 14.8. The molecule has 0 fully saturated rings. The maximum absolute atomic E-state index is 12.0. The molecule has 0 aliphatic rings. The second-order valence-corrected chi connectivity index (χ2v) is 5.10. The van der Waals surface area contributed by atoms with Crippen molar-refractivity contribution in [2.24, 2.45) is 7.05 Å². The van der Waals surface area contributed by atoms with Gasteiger partial charge in [0.15, 0.2) is 0 Å². The van der Waals surface area contributed by atoms with Gasteiger partial charge in [0.1, 0.15) is 5.56 Å². The van der Waals surface area contributed by atoms with Gasteiger partial charge in [-0.3, -0.25) is 14.3 Å². The lowest BCUT2D eigenvalue weighted by atomic mass is 10.2. The Morgan fingerprint density at radius 2 is 2.22 bits per heavy atom. The van der Waals surface area contributed by atoms with E-state index in [2.05, 4.69) is 10.4 Å². The molecule has 3 aromatic rings. The fourth-order valence-corrected chi connectivity index (χ4v) is 2.21. The number of carbonyl (C=O) groups is 1. The molecule has 0 unspecified atom stereocenters. The van der Waals surface area contributed by atoms with Crippen molar-refractivity contribution in [1.29, 1.82) is 0 Å². The van der Waals surface area contributed by atoms with Crippen LogP contribution in [0.2, 0.25) is 0 Å². The van der Waals surface area contributed by atoms with Crippen LogP contribution in [0.5, 0.6) is 0 Å². The first-order valence-corrected chi connectivity index (χ1v) is 7.14. The monoisotopic (exact) mass is 312 g/mol. The van der Waals surface area contributed by atoms with E-state index in [0.717, 1.165) is 11.1 Å². The van der Waals surface area contributed by atoms with Crippen molar-refractivity contribution in [3.05, 3.63) is 65.2 Å². The van der Waals surface area contributed by atoms with Crippen molar-refractivity contribution < 1.29 is 9.21 Å². The first-order chi connectivity index (χ1) is 11.1. The Labute approximate surface area is 132 Å². The molecule has 0 spiro atoms. The van der Waals surface area contributed by atoms with Gasteiger partial charge in [-0.1, -0.05) is 0 Å². The lowest BCUT2D eigenvalue weighted by Crippen LogP contribution is -2.33. The molecule has 0 aliphatic carbocycles. The first-order valence-electron chi connectivity index (χ1n) is 7.14. The van der Waals surface area contributed by atoms with E-state index >= 15 is 0 Å². The molecule has 0 aromatic carbocycles. The normalized spacial score (nSPS) is 10.7. The molecule has 0 saturated carbocycles. The maximum atomic E-state index is 12.0. The summed E-state index contributed by atoms with van der Waals surface area (Å²) >= 11 is 0. The molecule has 0 aliphatic heterocycles. The predicted octanol–water partition coefficient (Wildman–Crippen LogP) is 1.27.